The number of ether oxygens (including phenoxy) is 3. The fraction of sp³-hybridized carbons (Fsp3) is 1.00. The van der Waals surface area contributed by atoms with E-state index in [0.717, 1.165) is 0 Å². The van der Waals surface area contributed by atoms with Gasteiger partial charge in [0.15, 0.2) is 0 Å². The van der Waals surface area contributed by atoms with Gasteiger partial charge in [0, 0.05) is 19.8 Å². The molecule has 2 N–H and O–H groups in total. The molecule has 194 valence electrons. The molecule has 0 aliphatic carbocycles. The van der Waals surface area contributed by atoms with Crippen LogP contribution in [0, 0.1) is 5.92 Å². The second kappa shape index (κ2) is 12.9. The lowest BCUT2D eigenvalue weighted by Crippen LogP contribution is -2.41. The van der Waals surface area contributed by atoms with E-state index in [0.29, 0.717) is 26.1 Å². The van der Waals surface area contributed by atoms with Gasteiger partial charge in [-0.3, -0.25) is 18.1 Å². The van der Waals surface area contributed by atoms with Crippen LogP contribution in [0.25, 0.3) is 0 Å². The second-order valence-electron chi connectivity index (χ2n) is 9.56. The van der Waals surface area contributed by atoms with Crippen LogP contribution < -0.4 is 0 Å². The van der Waals surface area contributed by atoms with E-state index < -0.39 is 58.6 Å². The summed E-state index contributed by atoms with van der Waals surface area (Å²) in [7, 11) is 8.55. The molecule has 3 fully saturated rings. The summed E-state index contributed by atoms with van der Waals surface area (Å²) in [5, 5.41) is 0. The second-order valence-corrected chi connectivity index (χ2v) is 12.4. The molecule has 16 heteroatoms. The third-order valence-electron chi connectivity index (χ3n) is 6.28. The van der Waals surface area contributed by atoms with E-state index in [1.54, 1.807) is 6.92 Å². The molecule has 0 aromatic heterocycles. The van der Waals surface area contributed by atoms with Crippen LogP contribution in [-0.2, 0) is 41.4 Å². The topological polar surface area (TPSA) is 139 Å². The normalized spacial score (nSPS) is 42.1. The molecule has 0 spiro atoms. The zero-order chi connectivity index (χ0) is 25.8. The molecule has 11 unspecified atom stereocenters. The largest absolute Gasteiger partial charge is 0.472 e. The number of phosphoric acid groups is 2. The Hall–Kier alpha value is 0.295. The predicted molar refractivity (Wildman–Crippen MR) is 128 cm³/mol. The van der Waals surface area contributed by atoms with Gasteiger partial charge in [0.05, 0.1) is 61.2 Å². The Balaban J connectivity index is 1.52. The Bertz CT molecular complexity index is 780. The highest BCUT2D eigenvalue weighted by Gasteiger charge is 2.40. The van der Waals surface area contributed by atoms with Crippen molar-refractivity contribution in [3.05, 3.63) is 0 Å². The first-order chi connectivity index (χ1) is 16.3. The summed E-state index contributed by atoms with van der Waals surface area (Å²) in [6, 6.07) is 0. The lowest BCUT2D eigenvalue weighted by molar-refractivity contribution is -0.101. The molecule has 6 radical (unpaired) electrons. The Labute approximate surface area is 210 Å². The summed E-state index contributed by atoms with van der Waals surface area (Å²) in [4.78, 5) is 20.5. The van der Waals surface area contributed by atoms with Crippen LogP contribution in [0.3, 0.4) is 0 Å². The zero-order valence-corrected chi connectivity index (χ0v) is 21.8. The van der Waals surface area contributed by atoms with E-state index in [9.17, 15) is 18.9 Å². The molecular formula is C19H33B3O11P2. The fourth-order valence-electron chi connectivity index (χ4n) is 4.27. The highest BCUT2D eigenvalue weighted by molar-refractivity contribution is 7.47. The van der Waals surface area contributed by atoms with E-state index in [2.05, 4.69) is 0 Å². The molecule has 3 saturated heterocycles. The number of hydrogen-bond acceptors (Lipinski definition) is 9. The smallest absolute Gasteiger partial charge is 0.376 e. The number of rotatable bonds is 10. The molecule has 0 aromatic carbocycles. The van der Waals surface area contributed by atoms with Gasteiger partial charge in [-0.25, -0.2) is 9.13 Å². The van der Waals surface area contributed by atoms with Crippen molar-refractivity contribution in [1.29, 1.82) is 0 Å². The van der Waals surface area contributed by atoms with Crippen molar-refractivity contribution < 1.29 is 51.2 Å². The molecular weight excluding hydrogens is 499 g/mol. The Morgan fingerprint density at radius 2 is 1.20 bits per heavy atom. The molecule has 3 heterocycles. The van der Waals surface area contributed by atoms with Crippen molar-refractivity contribution in [2.24, 2.45) is 5.92 Å². The molecule has 0 amide bonds. The first-order valence-electron chi connectivity index (χ1n) is 11.8. The maximum Gasteiger partial charge on any atom is 0.472 e. The zero-order valence-electron chi connectivity index (χ0n) is 20.0. The van der Waals surface area contributed by atoms with Crippen molar-refractivity contribution in [3.63, 3.8) is 0 Å². The van der Waals surface area contributed by atoms with Gasteiger partial charge in [0.1, 0.15) is 6.10 Å². The van der Waals surface area contributed by atoms with Gasteiger partial charge in [0.2, 0.25) is 0 Å². The van der Waals surface area contributed by atoms with Crippen LogP contribution >= 0.6 is 15.6 Å². The van der Waals surface area contributed by atoms with E-state index >= 15 is 0 Å². The fourth-order valence-corrected chi connectivity index (χ4v) is 6.22. The lowest BCUT2D eigenvalue weighted by Gasteiger charge is -2.37. The summed E-state index contributed by atoms with van der Waals surface area (Å²) in [6.45, 7) is 3.79. The van der Waals surface area contributed by atoms with Crippen molar-refractivity contribution in [3.8, 4) is 0 Å². The number of phosphoric ester groups is 2. The minimum Gasteiger partial charge on any atom is -0.376 e. The minimum absolute atomic E-state index is 0.0388. The van der Waals surface area contributed by atoms with Gasteiger partial charge in [-0.15, -0.1) is 0 Å². The van der Waals surface area contributed by atoms with E-state index in [4.69, 9.17) is 55.8 Å². The van der Waals surface area contributed by atoms with Crippen LogP contribution in [-0.4, -0.2) is 96.9 Å². The molecule has 0 saturated carbocycles. The highest BCUT2D eigenvalue weighted by Crippen LogP contribution is 2.50. The van der Waals surface area contributed by atoms with E-state index in [1.165, 1.54) is 0 Å². The van der Waals surface area contributed by atoms with E-state index in [-0.39, 0.29) is 37.2 Å². The van der Waals surface area contributed by atoms with Gasteiger partial charge in [-0.1, -0.05) is 30.8 Å². The first-order valence-corrected chi connectivity index (χ1v) is 14.8. The Kier molecular flexibility index (Phi) is 11.0. The molecule has 0 bridgehead atoms. The van der Waals surface area contributed by atoms with Gasteiger partial charge < -0.3 is 24.0 Å². The SMILES string of the molecule is [B]C1COC(COP(=O)(O)OC2CC([B])COC2COP(=O)(O)OC2CC([B])COC2C)C(C)C1. The number of hydrogen-bond donors (Lipinski definition) is 2. The quantitative estimate of drug-likeness (QED) is 0.315. The molecule has 3 aliphatic heterocycles. The summed E-state index contributed by atoms with van der Waals surface area (Å²) in [5.74, 6) is -0.845. The Morgan fingerprint density at radius 1 is 0.743 bits per heavy atom. The van der Waals surface area contributed by atoms with Gasteiger partial charge >= 0.3 is 15.6 Å². The van der Waals surface area contributed by atoms with E-state index in [1.807, 2.05) is 6.92 Å². The molecule has 11 nitrogen and oxygen atoms in total. The van der Waals surface area contributed by atoms with Crippen LogP contribution in [0.15, 0.2) is 0 Å². The monoisotopic (exact) mass is 532 g/mol. The maximum atomic E-state index is 12.6. The summed E-state index contributed by atoms with van der Waals surface area (Å²) in [6.07, 6.45) is -2.39. The predicted octanol–water partition coefficient (Wildman–Crippen LogP) is 1.88. The lowest BCUT2D eigenvalue weighted by atomic mass is 9.77. The summed E-state index contributed by atoms with van der Waals surface area (Å²) >= 11 is 0. The van der Waals surface area contributed by atoms with Crippen LogP contribution in [0.4, 0.5) is 0 Å². The van der Waals surface area contributed by atoms with Crippen LogP contribution in [0.1, 0.15) is 33.1 Å². The Morgan fingerprint density at radius 3 is 1.80 bits per heavy atom. The third kappa shape index (κ3) is 9.52. The van der Waals surface area contributed by atoms with Crippen molar-refractivity contribution in [2.75, 3.05) is 33.0 Å². The van der Waals surface area contributed by atoms with Gasteiger partial charge in [0.25, 0.3) is 0 Å². The van der Waals surface area contributed by atoms with Crippen molar-refractivity contribution >= 4 is 39.2 Å². The molecule has 0 aromatic rings. The minimum atomic E-state index is -4.54. The third-order valence-corrected chi connectivity index (χ3v) is 8.31. The van der Waals surface area contributed by atoms with Crippen LogP contribution in [0.5, 0.6) is 0 Å². The average Bonchev–Trinajstić information content (AvgIpc) is 2.75. The van der Waals surface area contributed by atoms with Gasteiger partial charge in [-0.2, -0.15) is 0 Å². The molecule has 11 atom stereocenters. The summed E-state index contributed by atoms with van der Waals surface area (Å²) in [5.41, 5.74) is 0. The van der Waals surface area contributed by atoms with Gasteiger partial charge in [-0.05, 0) is 25.7 Å². The van der Waals surface area contributed by atoms with Crippen molar-refractivity contribution in [1.82, 2.24) is 0 Å². The standard InChI is InChI=1S/C19H33B3O11P2/c1-11-3-13(20)7-28-18(11)9-30-35(25,26)33-17-5-15(22)8-29-19(17)10-31-34(23,24)32-16-4-14(21)6-27-12(16)2/h11-19H,3-10H2,1-2H3,(H,23,24)(H,25,26). The highest BCUT2D eigenvalue weighted by atomic mass is 31.2. The van der Waals surface area contributed by atoms with Crippen molar-refractivity contribution in [2.45, 2.75) is 81.1 Å². The maximum absolute atomic E-state index is 12.6. The average molecular weight is 532 g/mol. The summed E-state index contributed by atoms with van der Waals surface area (Å²) < 4.78 is 62.5. The first kappa shape index (κ1) is 29.8. The molecule has 35 heavy (non-hydrogen) atoms. The van der Waals surface area contributed by atoms with Crippen LogP contribution in [0.2, 0.25) is 17.5 Å². The molecule has 3 aliphatic rings. The molecule has 3 rings (SSSR count).